The van der Waals surface area contributed by atoms with Crippen molar-refractivity contribution >= 4 is 41.7 Å². The van der Waals surface area contributed by atoms with Crippen LogP contribution in [0.25, 0.3) is 0 Å². The van der Waals surface area contributed by atoms with E-state index in [1.54, 1.807) is 18.2 Å². The van der Waals surface area contributed by atoms with Crippen molar-refractivity contribution in [2.75, 3.05) is 25.1 Å². The highest BCUT2D eigenvalue weighted by Gasteiger charge is 2.39. The fourth-order valence-corrected chi connectivity index (χ4v) is 3.23. The molecule has 9 nitrogen and oxygen atoms in total. The number of nitrogens with two attached hydrogens (primary N) is 1. The lowest BCUT2D eigenvalue weighted by Gasteiger charge is -2.29. The maximum Gasteiger partial charge on any atom is 0.255 e. The van der Waals surface area contributed by atoms with Gasteiger partial charge in [-0.25, -0.2) is 0 Å². The molecule has 0 aliphatic carbocycles. The quantitative estimate of drug-likeness (QED) is 0.434. The highest BCUT2D eigenvalue weighted by Crippen LogP contribution is 2.29. The lowest BCUT2D eigenvalue weighted by atomic mass is 10.0. The molecule has 1 fully saturated rings. The fraction of sp³-hybridized carbons (Fsp3) is 0.444. The van der Waals surface area contributed by atoms with E-state index in [-0.39, 0.29) is 56.1 Å². The number of rotatable bonds is 7. The highest BCUT2D eigenvalue weighted by molar-refractivity contribution is 6.05. The topological polar surface area (TPSA) is 131 Å². The van der Waals surface area contributed by atoms with Gasteiger partial charge in [-0.2, -0.15) is 0 Å². The zero-order chi connectivity index (χ0) is 19.4. The zero-order valence-corrected chi connectivity index (χ0v) is 16.0. The first-order chi connectivity index (χ1) is 13.0. The molecule has 1 atom stereocenters. The van der Waals surface area contributed by atoms with E-state index in [9.17, 15) is 19.2 Å². The van der Waals surface area contributed by atoms with E-state index in [1.165, 1.54) is 4.90 Å². The molecular weight excluding hydrogens is 388 g/mol. The van der Waals surface area contributed by atoms with Gasteiger partial charge in [0.15, 0.2) is 0 Å². The summed E-state index contributed by atoms with van der Waals surface area (Å²) in [6.45, 7) is 1.37. The van der Waals surface area contributed by atoms with Gasteiger partial charge in [0.05, 0.1) is 19.6 Å². The third-order valence-corrected chi connectivity index (χ3v) is 4.54. The van der Waals surface area contributed by atoms with Gasteiger partial charge in [-0.05, 0) is 30.2 Å². The fourth-order valence-electron chi connectivity index (χ4n) is 3.23. The Morgan fingerprint density at radius 2 is 2.07 bits per heavy atom. The summed E-state index contributed by atoms with van der Waals surface area (Å²) in [4.78, 5) is 49.4. The molecule has 1 saturated heterocycles. The Bertz CT molecular complexity index is 785. The summed E-state index contributed by atoms with van der Waals surface area (Å²) in [5, 5.41) is 5.04. The first-order valence-electron chi connectivity index (χ1n) is 8.85. The van der Waals surface area contributed by atoms with Crippen LogP contribution >= 0.6 is 12.4 Å². The molecule has 2 heterocycles. The molecule has 3 rings (SSSR count). The number of benzene rings is 1. The van der Waals surface area contributed by atoms with Crippen LogP contribution < -0.4 is 16.4 Å². The number of amides is 4. The number of hydrogen-bond acceptors (Lipinski definition) is 6. The third-order valence-electron chi connectivity index (χ3n) is 4.54. The van der Waals surface area contributed by atoms with E-state index in [4.69, 9.17) is 10.5 Å². The van der Waals surface area contributed by atoms with Gasteiger partial charge in [0.1, 0.15) is 6.04 Å². The van der Waals surface area contributed by atoms with Crippen molar-refractivity contribution in [3.05, 3.63) is 29.3 Å². The first-order valence-corrected chi connectivity index (χ1v) is 8.85. The average Bonchev–Trinajstić information content (AvgIpc) is 2.95. The van der Waals surface area contributed by atoms with Crippen LogP contribution in [0.3, 0.4) is 0 Å². The molecule has 2 aliphatic heterocycles. The second-order valence-corrected chi connectivity index (χ2v) is 6.47. The largest absolute Gasteiger partial charge is 0.380 e. The number of piperidine rings is 1. The van der Waals surface area contributed by atoms with Crippen LogP contribution in [-0.4, -0.2) is 54.3 Å². The number of nitrogens with zero attached hydrogens (tertiary/aromatic N) is 1. The summed E-state index contributed by atoms with van der Waals surface area (Å²) in [6.07, 6.45) is 0.735. The number of carbonyl (C=O) groups excluding carboxylic acids is 4. The van der Waals surface area contributed by atoms with Crippen LogP contribution in [0.4, 0.5) is 5.69 Å². The number of nitrogens with one attached hydrogen (secondary N) is 2. The minimum Gasteiger partial charge on any atom is -0.380 e. The van der Waals surface area contributed by atoms with E-state index in [0.29, 0.717) is 30.8 Å². The maximum absolute atomic E-state index is 12.6. The molecular formula is C18H23ClN4O5. The number of halogens is 1. The van der Waals surface area contributed by atoms with Crippen molar-refractivity contribution in [1.29, 1.82) is 0 Å². The minimum atomic E-state index is -0.652. The van der Waals surface area contributed by atoms with Crippen LogP contribution in [-0.2, 0) is 25.7 Å². The van der Waals surface area contributed by atoms with Crippen molar-refractivity contribution in [2.45, 2.75) is 31.8 Å². The summed E-state index contributed by atoms with van der Waals surface area (Å²) >= 11 is 0. The Morgan fingerprint density at radius 3 is 2.79 bits per heavy atom. The predicted molar refractivity (Wildman–Crippen MR) is 103 cm³/mol. The van der Waals surface area contributed by atoms with Gasteiger partial charge in [0, 0.05) is 30.8 Å². The van der Waals surface area contributed by atoms with Gasteiger partial charge in [-0.15, -0.1) is 12.4 Å². The van der Waals surface area contributed by atoms with E-state index in [0.717, 1.165) is 5.56 Å². The van der Waals surface area contributed by atoms with Crippen LogP contribution in [0, 0.1) is 0 Å². The van der Waals surface area contributed by atoms with E-state index >= 15 is 0 Å². The van der Waals surface area contributed by atoms with E-state index in [2.05, 4.69) is 10.6 Å². The summed E-state index contributed by atoms with van der Waals surface area (Å²) in [6, 6.07) is 4.38. The second kappa shape index (κ2) is 9.63. The number of carbonyl (C=O) groups is 4. The smallest absolute Gasteiger partial charge is 0.255 e. The summed E-state index contributed by atoms with van der Waals surface area (Å²) in [5.74, 6) is -1.20. The highest BCUT2D eigenvalue weighted by atomic mass is 35.5. The van der Waals surface area contributed by atoms with E-state index < -0.39 is 11.9 Å². The van der Waals surface area contributed by atoms with Gasteiger partial charge in [0.25, 0.3) is 5.91 Å². The van der Waals surface area contributed by atoms with Gasteiger partial charge in [-0.3, -0.25) is 24.5 Å². The number of ether oxygens (including phenoxy) is 1. The molecule has 2 aliphatic rings. The second-order valence-electron chi connectivity index (χ2n) is 6.47. The summed E-state index contributed by atoms with van der Waals surface area (Å²) in [7, 11) is 0. The lowest BCUT2D eigenvalue weighted by molar-refractivity contribution is -0.137. The lowest BCUT2D eigenvalue weighted by Crippen LogP contribution is -2.52. The molecule has 0 saturated carbocycles. The molecule has 1 unspecified atom stereocenters. The van der Waals surface area contributed by atoms with Gasteiger partial charge >= 0.3 is 0 Å². The Hall–Kier alpha value is -2.49. The molecule has 10 heteroatoms. The Balaban J connectivity index is 0.00000280. The Labute approximate surface area is 168 Å². The zero-order valence-electron chi connectivity index (χ0n) is 15.2. The summed E-state index contributed by atoms with van der Waals surface area (Å²) < 4.78 is 5.18. The van der Waals surface area contributed by atoms with Crippen LogP contribution in [0.2, 0.25) is 0 Å². The van der Waals surface area contributed by atoms with Crippen LogP contribution in [0.5, 0.6) is 0 Å². The van der Waals surface area contributed by atoms with Crippen molar-refractivity contribution in [3.63, 3.8) is 0 Å². The number of anilines is 1. The third kappa shape index (κ3) is 4.86. The molecule has 0 radical (unpaired) electrons. The van der Waals surface area contributed by atoms with Crippen molar-refractivity contribution in [3.8, 4) is 0 Å². The van der Waals surface area contributed by atoms with E-state index in [1.807, 2.05) is 0 Å². The molecule has 0 spiro atoms. The van der Waals surface area contributed by atoms with Crippen molar-refractivity contribution in [2.24, 2.45) is 5.73 Å². The minimum absolute atomic E-state index is 0. The number of hydrogen-bond donors (Lipinski definition) is 3. The van der Waals surface area contributed by atoms with Crippen molar-refractivity contribution < 1.29 is 23.9 Å². The standard InChI is InChI=1S/C18H22N4O5.ClH/c19-6-8-27-7-5-16(24)20-12-1-2-13-11(9-12)10-22(18(13)26)14-3-4-15(23)21-17(14)25;/h1-2,9,14H,3-8,10,19H2,(H,20,24)(H,21,23,25);1H. The molecule has 28 heavy (non-hydrogen) atoms. The predicted octanol–water partition coefficient (Wildman–Crippen LogP) is 0.173. The Kier molecular flexibility index (Phi) is 7.50. The number of imide groups is 1. The van der Waals surface area contributed by atoms with Gasteiger partial charge < -0.3 is 20.7 Å². The molecule has 4 amide bonds. The molecule has 4 N–H and O–H groups in total. The van der Waals surface area contributed by atoms with Crippen LogP contribution in [0.1, 0.15) is 35.2 Å². The monoisotopic (exact) mass is 410 g/mol. The Morgan fingerprint density at radius 1 is 1.29 bits per heavy atom. The summed E-state index contributed by atoms with van der Waals surface area (Å²) in [5.41, 5.74) is 7.13. The number of fused-ring (bicyclic) bond motifs is 1. The normalized spacial score (nSPS) is 18.4. The van der Waals surface area contributed by atoms with Crippen LogP contribution in [0.15, 0.2) is 18.2 Å². The van der Waals surface area contributed by atoms with Gasteiger partial charge in [0.2, 0.25) is 17.7 Å². The molecule has 152 valence electrons. The molecule has 0 aromatic heterocycles. The SMILES string of the molecule is Cl.NCCOCCC(=O)Nc1ccc2c(c1)CN(C1CCC(=O)NC1=O)C2=O. The average molecular weight is 411 g/mol. The van der Waals surface area contributed by atoms with Crippen molar-refractivity contribution in [1.82, 2.24) is 10.2 Å². The maximum atomic E-state index is 12.6. The first kappa shape index (κ1) is 21.8. The molecule has 0 bridgehead atoms. The molecule has 1 aromatic carbocycles. The molecule has 1 aromatic rings. The van der Waals surface area contributed by atoms with Gasteiger partial charge in [-0.1, -0.05) is 0 Å².